The molecular weight excluding hydrogens is 248 g/mol. The van der Waals surface area contributed by atoms with E-state index in [-0.39, 0.29) is 11.5 Å². The van der Waals surface area contributed by atoms with Gasteiger partial charge in [-0.3, -0.25) is 0 Å². The van der Waals surface area contributed by atoms with Gasteiger partial charge in [-0.05, 0) is 18.3 Å². The molecule has 0 amide bonds. The molecule has 0 N–H and O–H groups in total. The zero-order chi connectivity index (χ0) is 13.3. The van der Waals surface area contributed by atoms with Gasteiger partial charge >= 0.3 is 0 Å². The Morgan fingerprint density at radius 3 is 2.56 bits per heavy atom. The van der Waals surface area contributed by atoms with E-state index < -0.39 is 0 Å². The van der Waals surface area contributed by atoms with Gasteiger partial charge in [0.15, 0.2) is 5.82 Å². The van der Waals surface area contributed by atoms with Crippen LogP contribution >= 0.6 is 11.6 Å². The second-order valence-electron chi connectivity index (χ2n) is 6.03. The number of aromatic nitrogens is 2. The Balaban J connectivity index is 2.36. The summed E-state index contributed by atoms with van der Waals surface area (Å²) in [4.78, 5) is 9.16. The van der Waals surface area contributed by atoms with Crippen molar-refractivity contribution < 1.29 is 4.74 Å². The van der Waals surface area contributed by atoms with Crippen molar-refractivity contribution in [1.82, 2.24) is 9.97 Å². The van der Waals surface area contributed by atoms with Gasteiger partial charge in [-0.15, -0.1) is 11.6 Å². The summed E-state index contributed by atoms with van der Waals surface area (Å²) in [5, 5.41) is 0. The molecule has 0 saturated heterocycles. The highest BCUT2D eigenvalue weighted by atomic mass is 35.5. The lowest BCUT2D eigenvalue weighted by atomic mass is 9.88. The monoisotopic (exact) mass is 268 g/mol. The van der Waals surface area contributed by atoms with Gasteiger partial charge in [0.25, 0.3) is 0 Å². The molecule has 1 aromatic heterocycles. The van der Waals surface area contributed by atoms with Crippen molar-refractivity contribution in [3.05, 3.63) is 23.3 Å². The minimum absolute atomic E-state index is 0.0158. The summed E-state index contributed by atoms with van der Waals surface area (Å²) >= 11 is 5.95. The third kappa shape index (κ3) is 2.83. The molecule has 18 heavy (non-hydrogen) atoms. The van der Waals surface area contributed by atoms with Crippen molar-refractivity contribution >= 4 is 11.6 Å². The number of alkyl halides is 1. The summed E-state index contributed by atoms with van der Waals surface area (Å²) in [7, 11) is 1.71. The number of ether oxygens (including phenoxy) is 1. The first-order valence-corrected chi connectivity index (χ1v) is 6.95. The topological polar surface area (TPSA) is 35.0 Å². The lowest BCUT2D eigenvalue weighted by molar-refractivity contribution is 0.00846. The molecule has 1 aliphatic rings. The standard InChI is InChI=1S/C14H21ClN2O/c1-14(2,3)12(18-4)13-16-8-10(7-15)11(17-13)9-5-6-9/h8-9,12H,5-7H2,1-4H3. The quantitative estimate of drug-likeness (QED) is 0.779. The molecule has 100 valence electrons. The van der Waals surface area contributed by atoms with E-state index in [0.29, 0.717) is 11.8 Å². The zero-order valence-corrected chi connectivity index (χ0v) is 12.3. The fourth-order valence-corrected chi connectivity index (χ4v) is 2.43. The first-order valence-electron chi connectivity index (χ1n) is 6.41. The molecule has 0 bridgehead atoms. The van der Waals surface area contributed by atoms with E-state index in [4.69, 9.17) is 21.3 Å². The predicted octanol–water partition coefficient (Wildman–Crippen LogP) is 3.83. The van der Waals surface area contributed by atoms with Crippen LogP contribution < -0.4 is 0 Å². The fourth-order valence-electron chi connectivity index (χ4n) is 2.22. The van der Waals surface area contributed by atoms with Crippen molar-refractivity contribution in [1.29, 1.82) is 0 Å². The fraction of sp³-hybridized carbons (Fsp3) is 0.714. The van der Waals surface area contributed by atoms with Crippen molar-refractivity contribution in [3.63, 3.8) is 0 Å². The smallest absolute Gasteiger partial charge is 0.157 e. The molecule has 1 atom stereocenters. The molecular formula is C14H21ClN2O. The highest BCUT2D eigenvalue weighted by Gasteiger charge is 2.32. The number of hydrogen-bond acceptors (Lipinski definition) is 3. The van der Waals surface area contributed by atoms with Crippen LogP contribution in [0, 0.1) is 5.41 Å². The third-order valence-corrected chi connectivity index (χ3v) is 3.57. The lowest BCUT2D eigenvalue weighted by Crippen LogP contribution is -2.23. The average molecular weight is 269 g/mol. The van der Waals surface area contributed by atoms with Crippen LogP contribution in [-0.2, 0) is 10.6 Å². The Hall–Kier alpha value is -0.670. The predicted molar refractivity (Wildman–Crippen MR) is 72.8 cm³/mol. The Morgan fingerprint density at radius 2 is 2.11 bits per heavy atom. The summed E-state index contributed by atoms with van der Waals surface area (Å²) in [5.41, 5.74) is 2.17. The number of rotatable bonds is 4. The molecule has 0 radical (unpaired) electrons. The van der Waals surface area contributed by atoms with Gasteiger partial charge in [0, 0.05) is 24.8 Å². The Bertz CT molecular complexity index is 424. The molecule has 0 spiro atoms. The van der Waals surface area contributed by atoms with Crippen LogP contribution in [0.25, 0.3) is 0 Å². The molecule has 1 saturated carbocycles. The highest BCUT2D eigenvalue weighted by Crippen LogP contribution is 2.42. The molecule has 4 heteroatoms. The molecule has 1 aromatic rings. The van der Waals surface area contributed by atoms with Gasteiger partial charge in [-0.2, -0.15) is 0 Å². The summed E-state index contributed by atoms with van der Waals surface area (Å²) in [6, 6.07) is 0. The lowest BCUT2D eigenvalue weighted by Gasteiger charge is -2.28. The third-order valence-electron chi connectivity index (χ3n) is 3.28. The van der Waals surface area contributed by atoms with Crippen LogP contribution in [-0.4, -0.2) is 17.1 Å². The van der Waals surface area contributed by atoms with Gasteiger partial charge < -0.3 is 4.74 Å². The minimum atomic E-state index is -0.0839. The molecule has 1 fully saturated rings. The van der Waals surface area contributed by atoms with Crippen LogP contribution in [0.1, 0.15) is 62.7 Å². The maximum atomic E-state index is 5.95. The van der Waals surface area contributed by atoms with Crippen molar-refractivity contribution in [2.45, 2.75) is 51.5 Å². The van der Waals surface area contributed by atoms with Gasteiger partial charge in [0.1, 0.15) is 6.10 Å². The van der Waals surface area contributed by atoms with Crippen LogP contribution in [0.2, 0.25) is 0 Å². The SMILES string of the molecule is COC(c1ncc(CCl)c(C2CC2)n1)C(C)(C)C. The molecule has 2 rings (SSSR count). The normalized spacial score (nSPS) is 17.8. The van der Waals surface area contributed by atoms with Crippen LogP contribution in [0.4, 0.5) is 0 Å². The second kappa shape index (κ2) is 5.14. The first kappa shape index (κ1) is 13.8. The number of nitrogens with zero attached hydrogens (tertiary/aromatic N) is 2. The van der Waals surface area contributed by atoms with Gasteiger partial charge in [0.2, 0.25) is 0 Å². The largest absolute Gasteiger partial charge is 0.373 e. The minimum Gasteiger partial charge on any atom is -0.373 e. The number of methoxy groups -OCH3 is 1. The van der Waals surface area contributed by atoms with Crippen LogP contribution in [0.15, 0.2) is 6.20 Å². The maximum Gasteiger partial charge on any atom is 0.157 e. The zero-order valence-electron chi connectivity index (χ0n) is 11.5. The summed E-state index contributed by atoms with van der Waals surface area (Å²) in [6.07, 6.45) is 4.21. The van der Waals surface area contributed by atoms with Crippen molar-refractivity contribution in [3.8, 4) is 0 Å². The van der Waals surface area contributed by atoms with Crippen molar-refractivity contribution in [2.75, 3.05) is 7.11 Å². The Kier molecular flexibility index (Phi) is 3.93. The van der Waals surface area contributed by atoms with Gasteiger partial charge in [-0.25, -0.2) is 9.97 Å². The highest BCUT2D eigenvalue weighted by molar-refractivity contribution is 6.17. The number of halogens is 1. The Labute approximate surface area is 114 Å². The number of hydrogen-bond donors (Lipinski definition) is 0. The van der Waals surface area contributed by atoms with E-state index in [1.54, 1.807) is 7.11 Å². The van der Waals surface area contributed by atoms with E-state index in [9.17, 15) is 0 Å². The van der Waals surface area contributed by atoms with Gasteiger partial charge in [-0.1, -0.05) is 20.8 Å². The van der Waals surface area contributed by atoms with E-state index in [1.807, 2.05) is 6.20 Å². The Morgan fingerprint density at radius 1 is 1.44 bits per heavy atom. The molecule has 0 aliphatic heterocycles. The average Bonchev–Trinajstić information content (AvgIpc) is 3.11. The van der Waals surface area contributed by atoms with Crippen LogP contribution in [0.5, 0.6) is 0 Å². The van der Waals surface area contributed by atoms with Crippen LogP contribution in [0.3, 0.4) is 0 Å². The van der Waals surface area contributed by atoms with E-state index in [2.05, 4.69) is 25.8 Å². The van der Waals surface area contributed by atoms with Gasteiger partial charge in [0.05, 0.1) is 11.6 Å². The molecule has 3 nitrogen and oxygen atoms in total. The maximum absolute atomic E-state index is 5.95. The summed E-state index contributed by atoms with van der Waals surface area (Å²) < 4.78 is 5.57. The second-order valence-corrected chi connectivity index (χ2v) is 6.30. The van der Waals surface area contributed by atoms with E-state index in [0.717, 1.165) is 17.1 Å². The van der Waals surface area contributed by atoms with Crippen molar-refractivity contribution in [2.24, 2.45) is 5.41 Å². The van der Waals surface area contributed by atoms with E-state index in [1.165, 1.54) is 12.8 Å². The van der Waals surface area contributed by atoms with E-state index >= 15 is 0 Å². The molecule has 1 aliphatic carbocycles. The summed E-state index contributed by atoms with van der Waals surface area (Å²) in [5.74, 6) is 1.85. The molecule has 0 aromatic carbocycles. The molecule has 1 heterocycles. The first-order chi connectivity index (χ1) is 8.47. The molecule has 1 unspecified atom stereocenters. The summed E-state index contributed by atoms with van der Waals surface area (Å²) in [6.45, 7) is 6.41.